The van der Waals surface area contributed by atoms with E-state index in [2.05, 4.69) is 13.8 Å². The second-order valence-electron chi connectivity index (χ2n) is 11.7. The fraction of sp³-hybridized carbons (Fsp3) is 0.941. The van der Waals surface area contributed by atoms with E-state index in [4.69, 9.17) is 9.84 Å². The van der Waals surface area contributed by atoms with E-state index in [1.54, 1.807) is 0 Å². The largest absolute Gasteiger partial charge is 0.481 e. The summed E-state index contributed by atoms with van der Waals surface area (Å²) in [7, 11) is 0. The van der Waals surface area contributed by atoms with Crippen LogP contribution in [0.3, 0.4) is 0 Å². The van der Waals surface area contributed by atoms with Gasteiger partial charge in [-0.1, -0.05) is 149 Å². The molecule has 0 bridgehead atoms. The summed E-state index contributed by atoms with van der Waals surface area (Å²) in [5, 5.41) is 8.73. The second-order valence-corrected chi connectivity index (χ2v) is 11.7. The minimum absolute atomic E-state index is 0.0118. The van der Waals surface area contributed by atoms with Gasteiger partial charge in [0.1, 0.15) is 6.10 Å². The van der Waals surface area contributed by atoms with Crippen LogP contribution in [0.5, 0.6) is 0 Å². The van der Waals surface area contributed by atoms with E-state index in [9.17, 15) is 9.59 Å². The molecule has 0 aromatic carbocycles. The number of unbranched alkanes of at least 4 members (excludes halogenated alkanes) is 22. The third-order valence-corrected chi connectivity index (χ3v) is 7.83. The van der Waals surface area contributed by atoms with Crippen LogP contribution in [-0.2, 0) is 14.3 Å². The first-order chi connectivity index (χ1) is 18.6. The highest BCUT2D eigenvalue weighted by molar-refractivity contribution is 5.69. The molecule has 0 radical (unpaired) electrons. The van der Waals surface area contributed by atoms with Crippen molar-refractivity contribution >= 4 is 11.9 Å². The Bertz CT molecular complexity index is 505. The molecule has 0 rings (SSSR count). The molecule has 4 heteroatoms. The number of carboxylic acid groups (broad SMARTS) is 1. The fourth-order valence-corrected chi connectivity index (χ4v) is 5.30. The van der Waals surface area contributed by atoms with Crippen LogP contribution in [-0.4, -0.2) is 23.1 Å². The lowest BCUT2D eigenvalue weighted by Crippen LogP contribution is -2.18. The molecule has 0 spiro atoms. The van der Waals surface area contributed by atoms with Crippen LogP contribution < -0.4 is 0 Å². The van der Waals surface area contributed by atoms with Gasteiger partial charge in [0.05, 0.1) is 0 Å². The summed E-state index contributed by atoms with van der Waals surface area (Å²) in [6.45, 7) is 4.52. The number of hydrogen-bond donors (Lipinski definition) is 1. The van der Waals surface area contributed by atoms with Crippen LogP contribution in [0.2, 0.25) is 0 Å². The van der Waals surface area contributed by atoms with Gasteiger partial charge in [-0.2, -0.15) is 0 Å². The number of carbonyl (C=O) groups is 2. The molecule has 0 heterocycles. The zero-order valence-corrected chi connectivity index (χ0v) is 25.8. The first-order valence-electron chi connectivity index (χ1n) is 17.0. The molecule has 4 nitrogen and oxygen atoms in total. The van der Waals surface area contributed by atoms with Crippen LogP contribution in [0.15, 0.2) is 0 Å². The molecule has 0 amide bonds. The Labute approximate surface area is 237 Å². The molecule has 1 unspecified atom stereocenters. The molecule has 0 saturated heterocycles. The van der Waals surface area contributed by atoms with Gasteiger partial charge < -0.3 is 9.84 Å². The Morgan fingerprint density at radius 3 is 1.16 bits per heavy atom. The molecule has 38 heavy (non-hydrogen) atoms. The van der Waals surface area contributed by atoms with Crippen molar-refractivity contribution in [3.8, 4) is 0 Å². The summed E-state index contributed by atoms with van der Waals surface area (Å²) in [5.74, 6) is -0.680. The highest BCUT2D eigenvalue weighted by atomic mass is 16.6. The van der Waals surface area contributed by atoms with E-state index < -0.39 is 5.97 Å². The summed E-state index contributed by atoms with van der Waals surface area (Å²) in [6.07, 6.45) is 34.0. The molecule has 1 N–H and O–H groups in total. The predicted molar refractivity (Wildman–Crippen MR) is 163 cm³/mol. The summed E-state index contributed by atoms with van der Waals surface area (Å²) in [6, 6.07) is 0. The van der Waals surface area contributed by atoms with Crippen molar-refractivity contribution in [3.63, 3.8) is 0 Å². The molecule has 0 aromatic rings. The maximum atomic E-state index is 12.5. The van der Waals surface area contributed by atoms with Gasteiger partial charge in [0.25, 0.3) is 0 Å². The smallest absolute Gasteiger partial charge is 0.306 e. The third-order valence-electron chi connectivity index (χ3n) is 7.83. The van der Waals surface area contributed by atoms with Crippen molar-refractivity contribution in [1.29, 1.82) is 0 Å². The average Bonchev–Trinajstić information content (AvgIpc) is 2.89. The molecule has 0 fully saturated rings. The van der Waals surface area contributed by atoms with Gasteiger partial charge in [-0.25, -0.2) is 0 Å². The van der Waals surface area contributed by atoms with Gasteiger partial charge >= 0.3 is 11.9 Å². The minimum atomic E-state index is -0.692. The van der Waals surface area contributed by atoms with E-state index in [1.165, 1.54) is 103 Å². The highest BCUT2D eigenvalue weighted by Crippen LogP contribution is 2.19. The van der Waals surface area contributed by atoms with Crippen LogP contribution >= 0.6 is 0 Å². The molecule has 0 aliphatic heterocycles. The third kappa shape index (κ3) is 29.5. The second kappa shape index (κ2) is 30.5. The first kappa shape index (κ1) is 36.9. The number of ether oxygens (including phenoxy) is 1. The van der Waals surface area contributed by atoms with E-state index in [1.807, 2.05) is 0 Å². The molecule has 0 aromatic heterocycles. The Morgan fingerprint density at radius 1 is 0.474 bits per heavy atom. The van der Waals surface area contributed by atoms with Crippen LogP contribution in [0.25, 0.3) is 0 Å². The minimum Gasteiger partial charge on any atom is -0.481 e. The van der Waals surface area contributed by atoms with E-state index in [-0.39, 0.29) is 18.5 Å². The lowest BCUT2D eigenvalue weighted by Gasteiger charge is -2.18. The predicted octanol–water partition coefficient (Wildman–Crippen LogP) is 11.3. The summed E-state index contributed by atoms with van der Waals surface area (Å²) in [5.41, 5.74) is 0. The first-order valence-corrected chi connectivity index (χ1v) is 17.0. The Hall–Kier alpha value is -1.06. The summed E-state index contributed by atoms with van der Waals surface area (Å²) in [4.78, 5) is 23.1. The van der Waals surface area contributed by atoms with Gasteiger partial charge in [-0.05, 0) is 38.5 Å². The maximum Gasteiger partial charge on any atom is 0.306 e. The van der Waals surface area contributed by atoms with E-state index >= 15 is 0 Å². The summed E-state index contributed by atoms with van der Waals surface area (Å²) >= 11 is 0. The molecule has 0 aliphatic rings. The number of carboxylic acids is 1. The van der Waals surface area contributed by atoms with Crippen molar-refractivity contribution in [2.75, 3.05) is 0 Å². The quantitative estimate of drug-likeness (QED) is 0.0537. The highest BCUT2D eigenvalue weighted by Gasteiger charge is 2.14. The number of hydrogen-bond acceptors (Lipinski definition) is 3. The molecular weight excluding hydrogens is 476 g/mol. The van der Waals surface area contributed by atoms with E-state index in [0.717, 1.165) is 70.6 Å². The van der Waals surface area contributed by atoms with Crippen molar-refractivity contribution in [2.24, 2.45) is 0 Å². The fourth-order valence-electron chi connectivity index (χ4n) is 5.30. The zero-order chi connectivity index (χ0) is 27.9. The Balaban J connectivity index is 3.92. The number of aliphatic carboxylic acids is 1. The van der Waals surface area contributed by atoms with Gasteiger partial charge in [-0.3, -0.25) is 9.59 Å². The van der Waals surface area contributed by atoms with Crippen molar-refractivity contribution in [1.82, 2.24) is 0 Å². The number of carbonyl (C=O) groups excluding carboxylic acids is 1. The SMILES string of the molecule is CCCCCCCCCCCC[13CH2][13CH2][13CH2][13C](=O)OC(CCCCCCCC)CCCCCCCCC(=O)O. The normalized spacial score (nSPS) is 12.1. The van der Waals surface area contributed by atoms with Gasteiger partial charge in [0, 0.05) is 12.8 Å². The van der Waals surface area contributed by atoms with Crippen LogP contribution in [0, 0.1) is 0 Å². The maximum absolute atomic E-state index is 12.5. The molecule has 0 aliphatic carbocycles. The van der Waals surface area contributed by atoms with Gasteiger partial charge in [-0.15, -0.1) is 0 Å². The zero-order valence-electron chi connectivity index (χ0n) is 25.8. The van der Waals surface area contributed by atoms with Gasteiger partial charge in [0.2, 0.25) is 0 Å². The van der Waals surface area contributed by atoms with E-state index in [0.29, 0.717) is 6.42 Å². The van der Waals surface area contributed by atoms with Crippen LogP contribution in [0.4, 0.5) is 0 Å². The Kier molecular flexibility index (Phi) is 29.6. The monoisotopic (exact) mass is 543 g/mol. The summed E-state index contributed by atoms with van der Waals surface area (Å²) < 4.78 is 5.95. The van der Waals surface area contributed by atoms with Crippen molar-refractivity contribution in [3.05, 3.63) is 0 Å². The average molecular weight is 543 g/mol. The van der Waals surface area contributed by atoms with Gasteiger partial charge in [0.15, 0.2) is 0 Å². The van der Waals surface area contributed by atoms with Crippen LogP contribution in [0.1, 0.15) is 200 Å². The van der Waals surface area contributed by atoms with Crippen molar-refractivity contribution < 1.29 is 19.4 Å². The lowest BCUT2D eigenvalue weighted by molar-refractivity contribution is -0.150. The topological polar surface area (TPSA) is 63.6 Å². The Morgan fingerprint density at radius 2 is 0.789 bits per heavy atom. The number of esters is 1. The molecular formula is C34H66O4. The lowest BCUT2D eigenvalue weighted by atomic mass is 10.0. The molecule has 226 valence electrons. The van der Waals surface area contributed by atoms with Crippen molar-refractivity contribution in [2.45, 2.75) is 206 Å². The molecule has 1 atom stereocenters. The number of rotatable bonds is 31. The molecule has 0 saturated carbocycles. The standard InChI is InChI=1S/C34H66O4/c1-3-5-7-9-11-12-13-14-15-16-17-23-27-31-34(37)38-32(28-24-20-10-8-6-4-2)29-25-21-18-19-22-26-30-33(35)36/h32H,3-31H2,1-2H3,(H,35,36)/i23+1,27+1,31+1,34+1.